The molecule has 0 aromatic rings. The molecular weight excluding hydrogens is 214 g/mol. The zero-order valence-corrected chi connectivity index (χ0v) is 11.0. The predicted octanol–water partition coefficient (Wildman–Crippen LogP) is 2.59. The normalized spacial score (nSPS) is 24.8. The number of likely N-dealkylation sites (tertiary alicyclic amines) is 1. The lowest BCUT2D eigenvalue weighted by atomic mass is 9.90. The highest BCUT2D eigenvalue weighted by atomic mass is 16.5. The summed E-state index contributed by atoms with van der Waals surface area (Å²) in [7, 11) is 0. The average molecular weight is 239 g/mol. The molecule has 1 saturated heterocycles. The Morgan fingerprint density at radius 2 is 1.76 bits per heavy atom. The molecule has 0 bridgehead atoms. The van der Waals surface area contributed by atoms with Gasteiger partial charge in [-0.25, -0.2) is 0 Å². The fourth-order valence-electron chi connectivity index (χ4n) is 3.21. The third-order valence-corrected chi connectivity index (χ3v) is 4.24. The molecule has 3 nitrogen and oxygen atoms in total. The van der Waals surface area contributed by atoms with Crippen LogP contribution in [0, 0.1) is 5.92 Å². The number of hydrogen-bond acceptors (Lipinski definition) is 3. The Morgan fingerprint density at radius 1 is 1.12 bits per heavy atom. The Hall–Kier alpha value is -0.570. The molecule has 0 N–H and O–H groups in total. The summed E-state index contributed by atoms with van der Waals surface area (Å²) >= 11 is 0. The van der Waals surface area contributed by atoms with Crippen molar-refractivity contribution in [1.82, 2.24) is 4.90 Å². The lowest BCUT2D eigenvalue weighted by molar-refractivity contribution is -0.149. The molecule has 0 radical (unpaired) electrons. The van der Waals surface area contributed by atoms with Gasteiger partial charge in [-0.15, -0.1) is 0 Å². The highest BCUT2D eigenvalue weighted by Gasteiger charge is 2.29. The standard InChI is InChI=1S/C14H25NO2/c1-2-17-14(16)12-8-10-15(11-9-12)13-6-4-3-5-7-13/h12-13H,2-11H2,1H3. The van der Waals surface area contributed by atoms with Crippen LogP contribution in [-0.4, -0.2) is 36.6 Å². The molecule has 2 fully saturated rings. The summed E-state index contributed by atoms with van der Waals surface area (Å²) in [5.41, 5.74) is 0. The first-order chi connectivity index (χ1) is 8.31. The van der Waals surface area contributed by atoms with E-state index < -0.39 is 0 Å². The van der Waals surface area contributed by atoms with E-state index in [2.05, 4.69) is 4.90 Å². The number of ether oxygens (including phenoxy) is 1. The Balaban J connectivity index is 1.75. The first-order valence-corrected chi connectivity index (χ1v) is 7.22. The summed E-state index contributed by atoms with van der Waals surface area (Å²) in [5, 5.41) is 0. The second kappa shape index (κ2) is 6.39. The lowest BCUT2D eigenvalue weighted by Crippen LogP contribution is -2.43. The number of piperidine rings is 1. The Morgan fingerprint density at radius 3 is 2.35 bits per heavy atom. The molecular formula is C14H25NO2. The van der Waals surface area contributed by atoms with Crippen LogP contribution in [0.2, 0.25) is 0 Å². The van der Waals surface area contributed by atoms with Crippen LogP contribution >= 0.6 is 0 Å². The first kappa shape index (κ1) is 12.9. The maximum absolute atomic E-state index is 11.6. The summed E-state index contributed by atoms with van der Waals surface area (Å²) in [6, 6.07) is 0.798. The van der Waals surface area contributed by atoms with Crippen molar-refractivity contribution in [3.8, 4) is 0 Å². The monoisotopic (exact) mass is 239 g/mol. The maximum Gasteiger partial charge on any atom is 0.309 e. The van der Waals surface area contributed by atoms with Crippen LogP contribution < -0.4 is 0 Å². The van der Waals surface area contributed by atoms with Crippen molar-refractivity contribution < 1.29 is 9.53 Å². The van der Waals surface area contributed by atoms with Crippen LogP contribution in [0.3, 0.4) is 0 Å². The molecule has 98 valence electrons. The van der Waals surface area contributed by atoms with Crippen molar-refractivity contribution >= 4 is 5.97 Å². The van der Waals surface area contributed by atoms with Crippen LogP contribution in [0.1, 0.15) is 51.9 Å². The fraction of sp³-hybridized carbons (Fsp3) is 0.929. The fourth-order valence-corrected chi connectivity index (χ4v) is 3.21. The number of rotatable bonds is 3. The number of carbonyl (C=O) groups is 1. The molecule has 1 heterocycles. The highest BCUT2D eigenvalue weighted by molar-refractivity contribution is 5.72. The van der Waals surface area contributed by atoms with E-state index in [1.54, 1.807) is 0 Å². The third-order valence-electron chi connectivity index (χ3n) is 4.24. The van der Waals surface area contributed by atoms with E-state index in [-0.39, 0.29) is 11.9 Å². The number of carbonyl (C=O) groups excluding carboxylic acids is 1. The van der Waals surface area contributed by atoms with Gasteiger partial charge in [-0.3, -0.25) is 4.79 Å². The molecule has 0 aromatic heterocycles. The van der Waals surface area contributed by atoms with Crippen LogP contribution in [0.25, 0.3) is 0 Å². The molecule has 0 unspecified atom stereocenters. The molecule has 1 saturated carbocycles. The van der Waals surface area contributed by atoms with Crippen molar-refractivity contribution in [2.45, 2.75) is 57.9 Å². The minimum absolute atomic E-state index is 0.0239. The highest BCUT2D eigenvalue weighted by Crippen LogP contribution is 2.27. The van der Waals surface area contributed by atoms with Crippen molar-refractivity contribution in [2.24, 2.45) is 5.92 Å². The quantitative estimate of drug-likeness (QED) is 0.709. The molecule has 3 heteroatoms. The minimum Gasteiger partial charge on any atom is -0.466 e. The van der Waals surface area contributed by atoms with Gasteiger partial charge in [0.2, 0.25) is 0 Å². The first-order valence-electron chi connectivity index (χ1n) is 7.22. The van der Waals surface area contributed by atoms with Crippen molar-refractivity contribution in [1.29, 1.82) is 0 Å². The van der Waals surface area contributed by atoms with Crippen molar-refractivity contribution in [3.63, 3.8) is 0 Å². The van der Waals surface area contributed by atoms with Gasteiger partial charge in [0.05, 0.1) is 12.5 Å². The predicted molar refractivity (Wildman–Crippen MR) is 67.8 cm³/mol. The van der Waals surface area contributed by atoms with Crippen LogP contribution in [0.4, 0.5) is 0 Å². The Bertz CT molecular complexity index is 241. The second-order valence-corrected chi connectivity index (χ2v) is 5.35. The van der Waals surface area contributed by atoms with Crippen molar-refractivity contribution in [3.05, 3.63) is 0 Å². The van der Waals surface area contributed by atoms with E-state index in [0.717, 1.165) is 32.0 Å². The summed E-state index contributed by atoms with van der Waals surface area (Å²) in [4.78, 5) is 14.2. The summed E-state index contributed by atoms with van der Waals surface area (Å²) < 4.78 is 5.10. The topological polar surface area (TPSA) is 29.5 Å². The molecule has 0 spiro atoms. The van der Waals surface area contributed by atoms with Gasteiger partial charge in [-0.2, -0.15) is 0 Å². The molecule has 17 heavy (non-hydrogen) atoms. The average Bonchev–Trinajstić information content (AvgIpc) is 2.40. The second-order valence-electron chi connectivity index (χ2n) is 5.35. The van der Waals surface area contributed by atoms with Gasteiger partial charge in [-0.05, 0) is 45.7 Å². The molecule has 2 aliphatic rings. The number of esters is 1. The molecule has 1 aliphatic heterocycles. The van der Waals surface area contributed by atoms with E-state index in [4.69, 9.17) is 4.74 Å². The van der Waals surface area contributed by atoms with Gasteiger partial charge < -0.3 is 9.64 Å². The molecule has 1 aliphatic carbocycles. The molecule has 0 aromatic carbocycles. The number of nitrogens with zero attached hydrogens (tertiary/aromatic N) is 1. The SMILES string of the molecule is CCOC(=O)C1CCN(C2CCCCC2)CC1. The van der Waals surface area contributed by atoms with Crippen molar-refractivity contribution in [2.75, 3.05) is 19.7 Å². The van der Waals surface area contributed by atoms with E-state index in [1.165, 1.54) is 32.1 Å². The lowest BCUT2D eigenvalue weighted by Gasteiger charge is -2.38. The van der Waals surface area contributed by atoms with E-state index >= 15 is 0 Å². The largest absolute Gasteiger partial charge is 0.466 e. The zero-order chi connectivity index (χ0) is 12.1. The van der Waals surface area contributed by atoms with Gasteiger partial charge >= 0.3 is 5.97 Å². The van der Waals surface area contributed by atoms with Gasteiger partial charge in [0, 0.05) is 6.04 Å². The zero-order valence-electron chi connectivity index (χ0n) is 11.0. The van der Waals surface area contributed by atoms with E-state index in [0.29, 0.717) is 6.61 Å². The van der Waals surface area contributed by atoms with Crippen LogP contribution in [0.5, 0.6) is 0 Å². The van der Waals surface area contributed by atoms with Gasteiger partial charge in [-0.1, -0.05) is 19.3 Å². The van der Waals surface area contributed by atoms with E-state index in [1.807, 2.05) is 6.92 Å². The third kappa shape index (κ3) is 3.44. The van der Waals surface area contributed by atoms with Crippen LogP contribution in [-0.2, 0) is 9.53 Å². The molecule has 0 amide bonds. The molecule has 2 rings (SSSR count). The smallest absolute Gasteiger partial charge is 0.309 e. The van der Waals surface area contributed by atoms with Crippen LogP contribution in [0.15, 0.2) is 0 Å². The molecule has 0 atom stereocenters. The Labute approximate surface area is 105 Å². The minimum atomic E-state index is 0.0239. The number of hydrogen-bond donors (Lipinski definition) is 0. The van der Waals surface area contributed by atoms with Gasteiger partial charge in [0.15, 0.2) is 0 Å². The summed E-state index contributed by atoms with van der Waals surface area (Å²) in [6.07, 6.45) is 8.92. The van der Waals surface area contributed by atoms with E-state index in [9.17, 15) is 4.79 Å². The van der Waals surface area contributed by atoms with Gasteiger partial charge in [0.25, 0.3) is 0 Å². The summed E-state index contributed by atoms with van der Waals surface area (Å²) in [5.74, 6) is 0.186. The summed E-state index contributed by atoms with van der Waals surface area (Å²) in [6.45, 7) is 4.58. The maximum atomic E-state index is 11.6. The van der Waals surface area contributed by atoms with Gasteiger partial charge in [0.1, 0.15) is 0 Å². The Kier molecular flexibility index (Phi) is 4.84.